The Labute approximate surface area is 132 Å². The second-order valence-corrected chi connectivity index (χ2v) is 5.29. The fourth-order valence-corrected chi connectivity index (χ4v) is 2.56. The lowest BCUT2D eigenvalue weighted by atomic mass is 10.3. The molecule has 3 aromatic heterocycles. The lowest BCUT2D eigenvalue weighted by Gasteiger charge is -2.07. The van der Waals surface area contributed by atoms with Gasteiger partial charge in [0.2, 0.25) is 0 Å². The first-order chi connectivity index (χ1) is 11.2. The SMILES string of the molecule is Cc1n[nH]c(C)c1Nc1ncnc2c1cnn2-c1ccccc1. The van der Waals surface area contributed by atoms with E-state index in [2.05, 4.69) is 30.6 Å². The number of aromatic nitrogens is 6. The number of aryl methyl sites for hydroxylation is 2. The molecule has 7 heteroatoms. The summed E-state index contributed by atoms with van der Waals surface area (Å²) in [7, 11) is 0. The highest BCUT2D eigenvalue weighted by atomic mass is 15.3. The number of benzene rings is 1. The number of anilines is 2. The van der Waals surface area contributed by atoms with Crippen LogP contribution in [0.5, 0.6) is 0 Å². The highest BCUT2D eigenvalue weighted by Gasteiger charge is 2.13. The Morgan fingerprint density at radius 1 is 1.09 bits per heavy atom. The van der Waals surface area contributed by atoms with Gasteiger partial charge in [-0.25, -0.2) is 14.6 Å². The largest absolute Gasteiger partial charge is 0.337 e. The summed E-state index contributed by atoms with van der Waals surface area (Å²) in [5.41, 5.74) is 4.50. The van der Waals surface area contributed by atoms with Gasteiger partial charge in [0.1, 0.15) is 12.1 Å². The summed E-state index contributed by atoms with van der Waals surface area (Å²) in [6.07, 6.45) is 3.31. The summed E-state index contributed by atoms with van der Waals surface area (Å²) < 4.78 is 1.80. The van der Waals surface area contributed by atoms with E-state index in [-0.39, 0.29) is 0 Å². The second-order valence-electron chi connectivity index (χ2n) is 5.29. The molecule has 0 bridgehead atoms. The van der Waals surface area contributed by atoms with E-state index in [1.165, 1.54) is 6.33 Å². The quantitative estimate of drug-likeness (QED) is 0.608. The highest BCUT2D eigenvalue weighted by molar-refractivity contribution is 5.89. The van der Waals surface area contributed by atoms with Gasteiger partial charge in [-0.2, -0.15) is 10.2 Å². The van der Waals surface area contributed by atoms with E-state index in [1.807, 2.05) is 44.2 Å². The molecular weight excluding hydrogens is 290 g/mol. The predicted octanol–water partition coefficient (Wildman–Crippen LogP) is 2.90. The molecule has 2 N–H and O–H groups in total. The van der Waals surface area contributed by atoms with Crippen LogP contribution < -0.4 is 5.32 Å². The zero-order valence-electron chi connectivity index (χ0n) is 12.8. The van der Waals surface area contributed by atoms with Gasteiger partial charge < -0.3 is 5.32 Å². The number of hydrogen-bond acceptors (Lipinski definition) is 5. The zero-order valence-corrected chi connectivity index (χ0v) is 12.8. The number of nitrogens with zero attached hydrogens (tertiary/aromatic N) is 5. The first kappa shape index (κ1) is 13.4. The molecule has 0 radical (unpaired) electrons. The van der Waals surface area contributed by atoms with Crippen molar-refractivity contribution in [1.29, 1.82) is 0 Å². The first-order valence-corrected chi connectivity index (χ1v) is 7.27. The maximum Gasteiger partial charge on any atom is 0.168 e. The van der Waals surface area contributed by atoms with Crippen LogP contribution in [-0.2, 0) is 0 Å². The standard InChI is InChI=1S/C16H15N7/c1-10-14(11(2)22-21-10)20-15-13-8-19-23(16(13)18-9-17-15)12-6-4-3-5-7-12/h3-9H,1-2H3,(H,21,22)(H,17,18,20). The second kappa shape index (κ2) is 5.20. The van der Waals surface area contributed by atoms with Gasteiger partial charge in [-0.1, -0.05) is 18.2 Å². The number of aromatic amines is 1. The van der Waals surface area contributed by atoms with Gasteiger partial charge in [-0.3, -0.25) is 5.10 Å². The van der Waals surface area contributed by atoms with Crippen molar-refractivity contribution in [1.82, 2.24) is 29.9 Å². The minimum absolute atomic E-state index is 0.713. The van der Waals surface area contributed by atoms with Crippen LogP contribution in [0.25, 0.3) is 16.7 Å². The van der Waals surface area contributed by atoms with Crippen molar-refractivity contribution in [3.05, 3.63) is 54.2 Å². The van der Waals surface area contributed by atoms with Gasteiger partial charge >= 0.3 is 0 Å². The van der Waals surface area contributed by atoms with Crippen LogP contribution in [0.15, 0.2) is 42.9 Å². The molecule has 0 unspecified atom stereocenters. The van der Waals surface area contributed by atoms with E-state index in [9.17, 15) is 0 Å². The van der Waals surface area contributed by atoms with E-state index in [1.54, 1.807) is 10.9 Å². The number of nitrogens with one attached hydrogen (secondary N) is 2. The molecule has 0 saturated carbocycles. The van der Waals surface area contributed by atoms with Crippen molar-refractivity contribution in [2.75, 3.05) is 5.32 Å². The van der Waals surface area contributed by atoms with Gasteiger partial charge in [0.15, 0.2) is 5.65 Å². The fraction of sp³-hybridized carbons (Fsp3) is 0.125. The molecule has 3 heterocycles. The third-order valence-electron chi connectivity index (χ3n) is 3.74. The van der Waals surface area contributed by atoms with Crippen molar-refractivity contribution in [2.24, 2.45) is 0 Å². The maximum absolute atomic E-state index is 4.45. The summed E-state index contributed by atoms with van der Waals surface area (Å²) in [5, 5.41) is 15.8. The van der Waals surface area contributed by atoms with Crippen LogP contribution in [0.4, 0.5) is 11.5 Å². The van der Waals surface area contributed by atoms with Crippen molar-refractivity contribution in [3.63, 3.8) is 0 Å². The number of H-pyrrole nitrogens is 1. The third-order valence-corrected chi connectivity index (χ3v) is 3.74. The minimum Gasteiger partial charge on any atom is -0.337 e. The number of fused-ring (bicyclic) bond motifs is 1. The molecule has 1 aromatic carbocycles. The molecule has 0 amide bonds. The van der Waals surface area contributed by atoms with Gasteiger partial charge in [-0.15, -0.1) is 0 Å². The summed E-state index contributed by atoms with van der Waals surface area (Å²) in [4.78, 5) is 8.73. The van der Waals surface area contributed by atoms with Gasteiger partial charge in [0.25, 0.3) is 0 Å². The van der Waals surface area contributed by atoms with Crippen LogP contribution >= 0.6 is 0 Å². The molecule has 23 heavy (non-hydrogen) atoms. The van der Waals surface area contributed by atoms with E-state index in [0.29, 0.717) is 5.82 Å². The Balaban J connectivity index is 1.82. The van der Waals surface area contributed by atoms with Crippen molar-refractivity contribution >= 4 is 22.5 Å². The molecule has 0 aliphatic rings. The Morgan fingerprint density at radius 3 is 2.65 bits per heavy atom. The van der Waals surface area contributed by atoms with E-state index in [4.69, 9.17) is 0 Å². The molecule has 0 fully saturated rings. The molecule has 114 valence electrons. The first-order valence-electron chi connectivity index (χ1n) is 7.27. The molecule has 7 nitrogen and oxygen atoms in total. The Morgan fingerprint density at radius 2 is 1.91 bits per heavy atom. The molecule has 0 saturated heterocycles. The summed E-state index contributed by atoms with van der Waals surface area (Å²) in [6.45, 7) is 3.91. The van der Waals surface area contributed by atoms with Crippen LogP contribution in [-0.4, -0.2) is 29.9 Å². The fourth-order valence-electron chi connectivity index (χ4n) is 2.56. The van der Waals surface area contributed by atoms with Gasteiger partial charge in [-0.05, 0) is 26.0 Å². The predicted molar refractivity (Wildman–Crippen MR) is 88.0 cm³/mol. The molecular formula is C16H15N7. The lowest BCUT2D eigenvalue weighted by molar-refractivity contribution is 0.895. The summed E-state index contributed by atoms with van der Waals surface area (Å²) >= 11 is 0. The number of hydrogen-bond donors (Lipinski definition) is 2. The number of rotatable bonds is 3. The maximum atomic E-state index is 4.45. The van der Waals surface area contributed by atoms with Crippen LogP contribution in [0.3, 0.4) is 0 Å². The Hall–Kier alpha value is -3.22. The van der Waals surface area contributed by atoms with E-state index in [0.717, 1.165) is 33.8 Å². The van der Waals surface area contributed by atoms with Crippen molar-refractivity contribution < 1.29 is 0 Å². The van der Waals surface area contributed by atoms with Gasteiger partial charge in [0, 0.05) is 0 Å². The van der Waals surface area contributed by atoms with E-state index < -0.39 is 0 Å². The number of para-hydroxylation sites is 1. The minimum atomic E-state index is 0.713. The third kappa shape index (κ3) is 2.22. The average Bonchev–Trinajstić information content (AvgIpc) is 3.15. The molecule has 0 spiro atoms. The average molecular weight is 305 g/mol. The van der Waals surface area contributed by atoms with Gasteiger partial charge in [0.05, 0.1) is 34.3 Å². The molecule has 4 aromatic rings. The van der Waals surface area contributed by atoms with E-state index >= 15 is 0 Å². The summed E-state index contributed by atoms with van der Waals surface area (Å²) in [6, 6.07) is 9.91. The smallest absolute Gasteiger partial charge is 0.168 e. The Kier molecular flexibility index (Phi) is 3.04. The van der Waals surface area contributed by atoms with Crippen molar-refractivity contribution in [3.8, 4) is 5.69 Å². The lowest BCUT2D eigenvalue weighted by Crippen LogP contribution is -2.00. The Bertz CT molecular complexity index is 949. The molecule has 0 aliphatic carbocycles. The molecule has 4 rings (SSSR count). The molecule has 0 aliphatic heterocycles. The molecule has 0 atom stereocenters. The highest BCUT2D eigenvalue weighted by Crippen LogP contribution is 2.26. The van der Waals surface area contributed by atoms with Crippen LogP contribution in [0.1, 0.15) is 11.4 Å². The monoisotopic (exact) mass is 305 g/mol. The van der Waals surface area contributed by atoms with Crippen molar-refractivity contribution in [2.45, 2.75) is 13.8 Å². The zero-order chi connectivity index (χ0) is 15.8. The normalized spacial score (nSPS) is 11.0. The topological polar surface area (TPSA) is 84.3 Å². The van der Waals surface area contributed by atoms with Crippen LogP contribution in [0.2, 0.25) is 0 Å². The summed E-state index contributed by atoms with van der Waals surface area (Å²) in [5.74, 6) is 0.713. The van der Waals surface area contributed by atoms with Crippen LogP contribution in [0, 0.1) is 13.8 Å².